The first-order valence-corrected chi connectivity index (χ1v) is 11.8. The molecule has 0 aromatic heterocycles. The number of ether oxygens (including phenoxy) is 1. The van der Waals surface area contributed by atoms with Gasteiger partial charge in [-0.1, -0.05) is 48.5 Å². The third kappa shape index (κ3) is 5.99. The van der Waals surface area contributed by atoms with Crippen LogP contribution >= 0.6 is 12.2 Å². The quantitative estimate of drug-likeness (QED) is 0.350. The first-order valence-electron chi connectivity index (χ1n) is 11.4. The summed E-state index contributed by atoms with van der Waals surface area (Å²) in [6.45, 7) is 0.198. The SMILES string of the molecule is COC(=O)c1ccc(NC(=O)C[C@H]2C(=O)N(Cc3ccccc3)C(=S)N2NC(=O)c2ccccc2)cc1. The number of nitrogens with zero attached hydrogens (tertiary/aromatic N) is 2. The van der Waals surface area contributed by atoms with Crippen molar-refractivity contribution >= 4 is 46.7 Å². The summed E-state index contributed by atoms with van der Waals surface area (Å²) in [5.74, 6) is -1.82. The second kappa shape index (κ2) is 11.4. The number of methoxy groups -OCH3 is 1. The number of carbonyl (C=O) groups is 4. The van der Waals surface area contributed by atoms with E-state index >= 15 is 0 Å². The topological polar surface area (TPSA) is 108 Å². The predicted octanol–water partition coefficient (Wildman–Crippen LogP) is 3.14. The van der Waals surface area contributed by atoms with Gasteiger partial charge in [0.1, 0.15) is 6.04 Å². The highest BCUT2D eigenvalue weighted by molar-refractivity contribution is 7.80. The second-order valence-electron chi connectivity index (χ2n) is 8.21. The highest BCUT2D eigenvalue weighted by Crippen LogP contribution is 2.23. The van der Waals surface area contributed by atoms with Gasteiger partial charge < -0.3 is 10.1 Å². The van der Waals surface area contributed by atoms with E-state index in [4.69, 9.17) is 12.2 Å². The molecule has 3 aromatic carbocycles. The first-order chi connectivity index (χ1) is 17.9. The molecule has 4 rings (SSSR count). The van der Waals surface area contributed by atoms with Gasteiger partial charge in [0.2, 0.25) is 5.91 Å². The lowest BCUT2D eigenvalue weighted by atomic mass is 10.1. The summed E-state index contributed by atoms with van der Waals surface area (Å²) < 4.78 is 4.68. The summed E-state index contributed by atoms with van der Waals surface area (Å²) in [4.78, 5) is 52.2. The van der Waals surface area contributed by atoms with Gasteiger partial charge >= 0.3 is 5.97 Å². The van der Waals surface area contributed by atoms with Crippen LogP contribution in [0.25, 0.3) is 0 Å². The van der Waals surface area contributed by atoms with Gasteiger partial charge in [-0.3, -0.25) is 24.7 Å². The molecule has 0 spiro atoms. The van der Waals surface area contributed by atoms with Crippen LogP contribution in [0.3, 0.4) is 0 Å². The van der Waals surface area contributed by atoms with Crippen molar-refractivity contribution in [2.24, 2.45) is 0 Å². The number of amides is 3. The Kier molecular flexibility index (Phi) is 7.89. The zero-order chi connectivity index (χ0) is 26.4. The maximum Gasteiger partial charge on any atom is 0.337 e. The minimum absolute atomic E-state index is 0.0957. The normalized spacial score (nSPS) is 14.9. The van der Waals surface area contributed by atoms with Crippen LogP contribution in [0.1, 0.15) is 32.7 Å². The van der Waals surface area contributed by atoms with E-state index in [-0.39, 0.29) is 18.1 Å². The third-order valence-electron chi connectivity index (χ3n) is 5.71. The number of nitrogens with one attached hydrogen (secondary N) is 2. The molecule has 3 amide bonds. The van der Waals surface area contributed by atoms with Crippen LogP contribution < -0.4 is 10.7 Å². The van der Waals surface area contributed by atoms with Crippen LogP contribution in [0.4, 0.5) is 5.69 Å². The minimum Gasteiger partial charge on any atom is -0.465 e. The molecule has 10 heteroatoms. The molecule has 188 valence electrons. The van der Waals surface area contributed by atoms with Gasteiger partial charge in [0.25, 0.3) is 11.8 Å². The van der Waals surface area contributed by atoms with E-state index in [2.05, 4.69) is 15.5 Å². The van der Waals surface area contributed by atoms with Crippen LogP contribution in [0, 0.1) is 0 Å². The molecule has 1 saturated heterocycles. The smallest absolute Gasteiger partial charge is 0.337 e. The lowest BCUT2D eigenvalue weighted by molar-refractivity contribution is -0.131. The van der Waals surface area contributed by atoms with Crippen LogP contribution in [0.5, 0.6) is 0 Å². The Balaban J connectivity index is 1.52. The maximum atomic E-state index is 13.4. The summed E-state index contributed by atoms with van der Waals surface area (Å²) >= 11 is 5.56. The molecule has 3 aromatic rings. The van der Waals surface area contributed by atoms with Gasteiger partial charge in [0, 0.05) is 11.3 Å². The van der Waals surface area contributed by atoms with Crippen LogP contribution in [-0.2, 0) is 20.9 Å². The third-order valence-corrected chi connectivity index (χ3v) is 6.13. The van der Waals surface area contributed by atoms with Crippen molar-refractivity contribution in [1.29, 1.82) is 0 Å². The second-order valence-corrected chi connectivity index (χ2v) is 8.57. The number of rotatable bonds is 8. The van der Waals surface area contributed by atoms with Crippen molar-refractivity contribution in [3.63, 3.8) is 0 Å². The summed E-state index contributed by atoms with van der Waals surface area (Å²) in [7, 11) is 1.28. The van der Waals surface area contributed by atoms with E-state index in [9.17, 15) is 19.2 Å². The Labute approximate surface area is 219 Å². The fourth-order valence-electron chi connectivity index (χ4n) is 3.82. The van der Waals surface area contributed by atoms with Gasteiger partial charge in [-0.05, 0) is 54.2 Å². The number of hydrazine groups is 1. The Morgan fingerprint density at radius 3 is 2.14 bits per heavy atom. The molecule has 1 aliphatic rings. The van der Waals surface area contributed by atoms with Crippen molar-refractivity contribution in [2.75, 3.05) is 12.4 Å². The van der Waals surface area contributed by atoms with E-state index in [1.807, 2.05) is 30.3 Å². The van der Waals surface area contributed by atoms with Crippen molar-refractivity contribution in [2.45, 2.75) is 19.0 Å². The Bertz CT molecular complexity index is 1320. The molecule has 0 aliphatic carbocycles. The zero-order valence-corrected chi connectivity index (χ0v) is 20.7. The summed E-state index contributed by atoms with van der Waals surface area (Å²) in [6.07, 6.45) is -0.266. The lowest BCUT2D eigenvalue weighted by Gasteiger charge is -2.24. The Morgan fingerprint density at radius 1 is 0.892 bits per heavy atom. The van der Waals surface area contributed by atoms with Crippen molar-refractivity contribution in [1.82, 2.24) is 15.3 Å². The van der Waals surface area contributed by atoms with Crippen LogP contribution in [0.2, 0.25) is 0 Å². The molecule has 9 nitrogen and oxygen atoms in total. The standard InChI is InChI=1S/C27H24N4O5S/c1-36-26(35)20-12-14-21(15-13-20)28-23(32)16-22-25(34)30(17-18-8-4-2-5-9-18)27(37)31(22)29-24(33)19-10-6-3-7-11-19/h2-15,22H,16-17H2,1H3,(H,28,32)(H,29,33)/t22-/m0/s1. The minimum atomic E-state index is -1.04. The summed E-state index contributed by atoms with van der Waals surface area (Å²) in [6, 6.07) is 22.9. The number of benzene rings is 3. The maximum absolute atomic E-state index is 13.4. The molecule has 1 aliphatic heterocycles. The highest BCUT2D eigenvalue weighted by Gasteiger charge is 2.44. The molecular weight excluding hydrogens is 492 g/mol. The fourth-order valence-corrected chi connectivity index (χ4v) is 4.15. The predicted molar refractivity (Wildman–Crippen MR) is 140 cm³/mol. The lowest BCUT2D eigenvalue weighted by Crippen LogP contribution is -2.49. The van der Waals surface area contributed by atoms with Crippen molar-refractivity contribution in [3.8, 4) is 0 Å². The van der Waals surface area contributed by atoms with E-state index in [0.717, 1.165) is 5.56 Å². The monoisotopic (exact) mass is 516 g/mol. The largest absolute Gasteiger partial charge is 0.465 e. The van der Waals surface area contributed by atoms with Crippen molar-refractivity contribution < 1.29 is 23.9 Å². The molecule has 1 fully saturated rings. The van der Waals surface area contributed by atoms with Crippen LogP contribution in [0.15, 0.2) is 84.9 Å². The molecule has 1 atom stereocenters. The number of hydrogen-bond donors (Lipinski definition) is 2. The Hall–Kier alpha value is -4.57. The molecule has 0 unspecified atom stereocenters. The van der Waals surface area contributed by atoms with Gasteiger partial charge in [-0.15, -0.1) is 0 Å². The average Bonchev–Trinajstić information content (AvgIpc) is 3.13. The van der Waals surface area contributed by atoms with E-state index in [1.54, 1.807) is 42.5 Å². The van der Waals surface area contributed by atoms with E-state index in [1.165, 1.54) is 29.2 Å². The zero-order valence-electron chi connectivity index (χ0n) is 19.9. The average molecular weight is 517 g/mol. The fraction of sp³-hybridized carbons (Fsp3) is 0.148. The molecular formula is C27H24N4O5S. The van der Waals surface area contributed by atoms with Gasteiger partial charge in [-0.25, -0.2) is 9.80 Å². The summed E-state index contributed by atoms with van der Waals surface area (Å²) in [5, 5.41) is 4.08. The summed E-state index contributed by atoms with van der Waals surface area (Å²) in [5.41, 5.74) is 4.70. The number of carbonyl (C=O) groups excluding carboxylic acids is 4. The number of anilines is 1. The number of thiocarbonyl (C=S) groups is 1. The number of esters is 1. The molecule has 1 heterocycles. The molecule has 0 radical (unpaired) electrons. The van der Waals surface area contributed by atoms with E-state index < -0.39 is 29.7 Å². The van der Waals surface area contributed by atoms with Gasteiger partial charge in [-0.2, -0.15) is 0 Å². The molecule has 0 bridgehead atoms. The number of hydrogen-bond acceptors (Lipinski definition) is 6. The highest BCUT2D eigenvalue weighted by atomic mass is 32.1. The molecule has 37 heavy (non-hydrogen) atoms. The van der Waals surface area contributed by atoms with E-state index in [0.29, 0.717) is 16.8 Å². The molecule has 2 N–H and O–H groups in total. The van der Waals surface area contributed by atoms with Gasteiger partial charge in [0.05, 0.1) is 25.6 Å². The van der Waals surface area contributed by atoms with Crippen molar-refractivity contribution in [3.05, 3.63) is 102 Å². The first kappa shape index (κ1) is 25.5. The van der Waals surface area contributed by atoms with Gasteiger partial charge in [0.15, 0.2) is 5.11 Å². The molecule has 0 saturated carbocycles. The Morgan fingerprint density at radius 2 is 1.51 bits per heavy atom. The van der Waals surface area contributed by atoms with Crippen LogP contribution in [-0.4, -0.2) is 51.9 Å².